The summed E-state index contributed by atoms with van der Waals surface area (Å²) in [6.07, 6.45) is 1.62. The molecule has 0 fully saturated rings. The van der Waals surface area contributed by atoms with Gasteiger partial charge in [-0.25, -0.2) is 13.1 Å². The molecule has 0 atom stereocenters. The third-order valence-electron chi connectivity index (χ3n) is 3.18. The van der Waals surface area contributed by atoms with Crippen molar-refractivity contribution in [3.05, 3.63) is 52.3 Å². The van der Waals surface area contributed by atoms with E-state index in [0.29, 0.717) is 13.1 Å². The molecule has 1 aromatic heterocycles. The van der Waals surface area contributed by atoms with Gasteiger partial charge in [-0.05, 0) is 30.7 Å². The van der Waals surface area contributed by atoms with Crippen LogP contribution in [0.1, 0.15) is 18.2 Å². The lowest BCUT2D eigenvalue weighted by Gasteiger charge is -2.05. The molecule has 0 spiro atoms. The maximum absolute atomic E-state index is 12.3. The lowest BCUT2D eigenvalue weighted by Crippen LogP contribution is -2.22. The van der Waals surface area contributed by atoms with E-state index >= 15 is 0 Å². The second kappa shape index (κ2) is 6.74. The zero-order valence-electron chi connectivity index (χ0n) is 11.7. The van der Waals surface area contributed by atoms with E-state index in [9.17, 15) is 8.42 Å². The molecule has 0 unspecified atom stereocenters. The van der Waals surface area contributed by atoms with E-state index < -0.39 is 10.0 Å². The summed E-state index contributed by atoms with van der Waals surface area (Å²) in [5.74, 6) is 0. The number of rotatable bonds is 6. The van der Waals surface area contributed by atoms with Gasteiger partial charge >= 0.3 is 0 Å². The molecule has 21 heavy (non-hydrogen) atoms. The Morgan fingerprint density at radius 2 is 2.10 bits per heavy atom. The predicted molar refractivity (Wildman–Crippen MR) is 86.2 cm³/mol. The van der Waals surface area contributed by atoms with Crippen molar-refractivity contribution in [3.8, 4) is 0 Å². The Labute approximate surface area is 133 Å². The highest BCUT2D eigenvalue weighted by Crippen LogP contribution is 2.16. The first kappa shape index (κ1) is 16.2. The Bertz CT molecular complexity index is 704. The Morgan fingerprint density at radius 1 is 1.33 bits per heavy atom. The fraction of sp³-hybridized carbons (Fsp3) is 0.286. The van der Waals surface area contributed by atoms with E-state index in [0.717, 1.165) is 15.7 Å². The summed E-state index contributed by atoms with van der Waals surface area (Å²) in [6.45, 7) is 3.20. The maximum atomic E-state index is 12.3. The number of hydrogen-bond acceptors (Lipinski definition) is 3. The molecule has 7 heteroatoms. The van der Waals surface area contributed by atoms with Gasteiger partial charge in [-0.15, -0.1) is 0 Å². The number of aryl methyl sites for hydroxylation is 1. The molecule has 3 N–H and O–H groups in total. The van der Waals surface area contributed by atoms with Gasteiger partial charge in [0.1, 0.15) is 0 Å². The molecule has 0 saturated carbocycles. The van der Waals surface area contributed by atoms with Crippen molar-refractivity contribution >= 4 is 26.0 Å². The Hall–Kier alpha value is -1.15. The van der Waals surface area contributed by atoms with Crippen LogP contribution in [0.15, 0.2) is 45.9 Å². The zero-order chi connectivity index (χ0) is 15.5. The monoisotopic (exact) mass is 371 g/mol. The number of nitrogens with zero attached hydrogens (tertiary/aromatic N) is 1. The van der Waals surface area contributed by atoms with Crippen LogP contribution in [0.2, 0.25) is 0 Å². The van der Waals surface area contributed by atoms with E-state index in [1.807, 2.05) is 35.8 Å². The summed E-state index contributed by atoms with van der Waals surface area (Å²) in [6, 6.07) is 9.13. The van der Waals surface area contributed by atoms with Crippen LogP contribution in [0.4, 0.5) is 0 Å². The van der Waals surface area contributed by atoms with Crippen molar-refractivity contribution in [2.24, 2.45) is 5.73 Å². The number of halogens is 1. The van der Waals surface area contributed by atoms with E-state index in [1.165, 1.54) is 0 Å². The molecule has 0 aliphatic rings. The molecule has 5 nitrogen and oxygen atoms in total. The Kier molecular flexibility index (Phi) is 5.21. The second-order valence-electron chi connectivity index (χ2n) is 4.61. The molecule has 2 rings (SSSR count). The van der Waals surface area contributed by atoms with Gasteiger partial charge in [0.2, 0.25) is 10.0 Å². The van der Waals surface area contributed by atoms with Gasteiger partial charge in [0, 0.05) is 36.0 Å². The van der Waals surface area contributed by atoms with Crippen molar-refractivity contribution in [1.29, 1.82) is 0 Å². The van der Waals surface area contributed by atoms with Crippen LogP contribution in [0.5, 0.6) is 0 Å². The third-order valence-corrected chi connectivity index (χ3v) is 5.04. The van der Waals surface area contributed by atoms with Crippen molar-refractivity contribution < 1.29 is 8.42 Å². The molecule has 0 saturated heterocycles. The van der Waals surface area contributed by atoms with Crippen molar-refractivity contribution in [2.45, 2.75) is 31.5 Å². The van der Waals surface area contributed by atoms with Crippen molar-refractivity contribution in [1.82, 2.24) is 9.29 Å². The first-order chi connectivity index (χ1) is 9.96. The summed E-state index contributed by atoms with van der Waals surface area (Å²) in [5, 5.41) is 0. The molecule has 0 aliphatic carbocycles. The lowest BCUT2D eigenvalue weighted by molar-refractivity contribution is 0.581. The Balaban J connectivity index is 2.16. The number of hydrogen-bond donors (Lipinski definition) is 2. The minimum absolute atomic E-state index is 0.247. The van der Waals surface area contributed by atoms with Crippen molar-refractivity contribution in [3.63, 3.8) is 0 Å². The van der Waals surface area contributed by atoms with Gasteiger partial charge in [-0.3, -0.25) is 0 Å². The van der Waals surface area contributed by atoms with Gasteiger partial charge in [0.25, 0.3) is 0 Å². The number of aromatic nitrogens is 1. The van der Waals surface area contributed by atoms with Crippen LogP contribution < -0.4 is 10.5 Å². The van der Waals surface area contributed by atoms with Crippen LogP contribution in [-0.4, -0.2) is 13.0 Å². The first-order valence-corrected chi connectivity index (χ1v) is 8.87. The molecule has 0 radical (unpaired) electrons. The molecule has 2 aromatic rings. The lowest BCUT2D eigenvalue weighted by atomic mass is 10.2. The fourth-order valence-corrected chi connectivity index (χ4v) is 3.57. The number of nitrogens with two attached hydrogens (primary N) is 1. The first-order valence-electron chi connectivity index (χ1n) is 6.59. The van der Waals surface area contributed by atoms with Crippen LogP contribution in [0.3, 0.4) is 0 Å². The smallest absolute Gasteiger partial charge is 0.242 e. The normalized spacial score (nSPS) is 11.8. The SMILES string of the molecule is CCn1cc(S(=O)(=O)NCc2cccc(Br)c2)cc1CN. The predicted octanol–water partition coefficient (Wildman–Crippen LogP) is 2.21. The summed E-state index contributed by atoms with van der Waals surface area (Å²) < 4.78 is 30.0. The summed E-state index contributed by atoms with van der Waals surface area (Å²) >= 11 is 3.36. The molecule has 0 bridgehead atoms. The van der Waals surface area contributed by atoms with Crippen molar-refractivity contribution in [2.75, 3.05) is 0 Å². The topological polar surface area (TPSA) is 77.1 Å². The highest BCUT2D eigenvalue weighted by molar-refractivity contribution is 9.10. The second-order valence-corrected chi connectivity index (χ2v) is 7.29. The van der Waals surface area contributed by atoms with Crippen LogP contribution in [0.25, 0.3) is 0 Å². The molecular formula is C14H18BrN3O2S. The van der Waals surface area contributed by atoms with E-state index in [2.05, 4.69) is 20.7 Å². The molecule has 1 aromatic carbocycles. The van der Waals surface area contributed by atoms with Gasteiger partial charge in [0.15, 0.2) is 0 Å². The van der Waals surface area contributed by atoms with Gasteiger partial charge < -0.3 is 10.3 Å². The van der Waals surface area contributed by atoms with Crippen LogP contribution in [-0.2, 0) is 29.7 Å². The average molecular weight is 372 g/mol. The van der Waals surface area contributed by atoms with Gasteiger partial charge in [0.05, 0.1) is 4.90 Å². The number of benzene rings is 1. The van der Waals surface area contributed by atoms with Crippen LogP contribution in [0, 0.1) is 0 Å². The van der Waals surface area contributed by atoms with Gasteiger partial charge in [-0.2, -0.15) is 0 Å². The standard InChI is InChI=1S/C14H18BrN3O2S/c1-2-18-10-14(7-13(18)8-16)21(19,20)17-9-11-4-3-5-12(15)6-11/h3-7,10,17H,2,8-9,16H2,1H3. The molecule has 114 valence electrons. The highest BCUT2D eigenvalue weighted by Gasteiger charge is 2.17. The molecule has 0 amide bonds. The number of sulfonamides is 1. The van der Waals surface area contributed by atoms with E-state index in [-0.39, 0.29) is 11.4 Å². The molecular weight excluding hydrogens is 354 g/mol. The van der Waals surface area contributed by atoms with Gasteiger partial charge in [-0.1, -0.05) is 28.1 Å². The Morgan fingerprint density at radius 3 is 2.67 bits per heavy atom. The summed E-state index contributed by atoms with van der Waals surface area (Å²) in [4.78, 5) is 0.250. The van der Waals surface area contributed by atoms with Crippen LogP contribution >= 0.6 is 15.9 Å². The number of nitrogens with one attached hydrogen (secondary N) is 1. The molecule has 1 heterocycles. The largest absolute Gasteiger partial charge is 0.349 e. The van der Waals surface area contributed by atoms with E-state index in [1.54, 1.807) is 12.3 Å². The highest BCUT2D eigenvalue weighted by atomic mass is 79.9. The zero-order valence-corrected chi connectivity index (χ0v) is 14.1. The maximum Gasteiger partial charge on any atom is 0.242 e. The quantitative estimate of drug-likeness (QED) is 0.816. The minimum Gasteiger partial charge on any atom is -0.349 e. The molecule has 0 aliphatic heterocycles. The fourth-order valence-electron chi connectivity index (χ4n) is 2.05. The third kappa shape index (κ3) is 3.94. The summed E-state index contributed by atoms with van der Waals surface area (Å²) in [5.41, 5.74) is 7.32. The van der Waals surface area contributed by atoms with E-state index in [4.69, 9.17) is 5.73 Å². The summed E-state index contributed by atoms with van der Waals surface area (Å²) in [7, 11) is -3.53. The minimum atomic E-state index is -3.53. The average Bonchev–Trinajstić information content (AvgIpc) is 2.89.